The molecule has 0 aliphatic heterocycles. The van der Waals surface area contributed by atoms with Gasteiger partial charge in [0.2, 0.25) is 5.78 Å². The molecule has 0 unspecified atom stereocenters. The van der Waals surface area contributed by atoms with Gasteiger partial charge in [-0.3, -0.25) is 9.59 Å². The van der Waals surface area contributed by atoms with Crippen LogP contribution in [0.3, 0.4) is 0 Å². The van der Waals surface area contributed by atoms with Crippen LogP contribution >= 0.6 is 0 Å². The summed E-state index contributed by atoms with van der Waals surface area (Å²) in [5, 5.41) is 12.7. The summed E-state index contributed by atoms with van der Waals surface area (Å²) in [6, 6.07) is 11.3. The highest BCUT2D eigenvalue weighted by Gasteiger charge is 2.16. The third-order valence-electron chi connectivity index (χ3n) is 3.50. The van der Waals surface area contributed by atoms with Crippen LogP contribution in [0.1, 0.15) is 5.56 Å². The van der Waals surface area contributed by atoms with Crippen LogP contribution in [0.15, 0.2) is 48.5 Å². The monoisotopic (exact) mass is 357 g/mol. The van der Waals surface area contributed by atoms with Crippen LogP contribution in [-0.2, 0) is 9.59 Å². The number of aliphatic hydroxyl groups excluding tert-OH is 1. The maximum Gasteiger partial charge on any atom is 0.296 e. The summed E-state index contributed by atoms with van der Waals surface area (Å²) < 4.78 is 15.3. The van der Waals surface area contributed by atoms with Gasteiger partial charge in [-0.2, -0.15) is 0 Å². The Balaban J connectivity index is 2.19. The van der Waals surface area contributed by atoms with Crippen molar-refractivity contribution >= 4 is 23.1 Å². The molecule has 136 valence electrons. The van der Waals surface area contributed by atoms with Crippen LogP contribution in [0.25, 0.3) is 5.76 Å². The second-order valence-electron chi connectivity index (χ2n) is 5.15. The van der Waals surface area contributed by atoms with Crippen LogP contribution in [0, 0.1) is 0 Å². The van der Waals surface area contributed by atoms with Crippen molar-refractivity contribution in [3.8, 4) is 17.2 Å². The molecular formula is C19H19NO6. The second-order valence-corrected chi connectivity index (χ2v) is 5.15. The fourth-order valence-electron chi connectivity index (χ4n) is 2.18. The van der Waals surface area contributed by atoms with Gasteiger partial charge in [-0.05, 0) is 30.3 Å². The first-order chi connectivity index (χ1) is 12.5. The molecule has 0 aliphatic rings. The second kappa shape index (κ2) is 8.57. The minimum absolute atomic E-state index is 0.231. The molecule has 0 saturated carbocycles. The third kappa shape index (κ3) is 4.54. The molecule has 2 N–H and O–H groups in total. The summed E-state index contributed by atoms with van der Waals surface area (Å²) in [6.45, 7) is 0. The molecule has 0 radical (unpaired) electrons. The summed E-state index contributed by atoms with van der Waals surface area (Å²) in [5.41, 5.74) is 0.629. The van der Waals surface area contributed by atoms with E-state index in [-0.39, 0.29) is 5.56 Å². The van der Waals surface area contributed by atoms with Gasteiger partial charge >= 0.3 is 0 Å². The minimum atomic E-state index is -0.921. The van der Waals surface area contributed by atoms with E-state index in [1.54, 1.807) is 36.4 Å². The van der Waals surface area contributed by atoms with Crippen molar-refractivity contribution in [1.82, 2.24) is 0 Å². The molecule has 2 rings (SSSR count). The molecule has 2 aromatic carbocycles. The Kier molecular flexibility index (Phi) is 6.21. The molecule has 0 bridgehead atoms. The number of methoxy groups -OCH3 is 3. The fraction of sp³-hybridized carbons (Fsp3) is 0.158. The Morgan fingerprint density at radius 2 is 1.65 bits per heavy atom. The summed E-state index contributed by atoms with van der Waals surface area (Å²) in [5.74, 6) is -0.891. The van der Waals surface area contributed by atoms with Gasteiger partial charge in [0, 0.05) is 17.8 Å². The molecule has 26 heavy (non-hydrogen) atoms. The third-order valence-corrected chi connectivity index (χ3v) is 3.50. The average Bonchev–Trinajstić information content (AvgIpc) is 2.67. The van der Waals surface area contributed by atoms with E-state index in [0.717, 1.165) is 6.08 Å². The highest BCUT2D eigenvalue weighted by Crippen LogP contribution is 2.28. The molecule has 0 aliphatic carbocycles. The van der Waals surface area contributed by atoms with Gasteiger partial charge in [-0.15, -0.1) is 0 Å². The Bertz CT molecular complexity index is 844. The lowest BCUT2D eigenvalue weighted by Crippen LogP contribution is -2.21. The van der Waals surface area contributed by atoms with Gasteiger partial charge in [-0.25, -0.2) is 0 Å². The molecule has 7 heteroatoms. The predicted molar refractivity (Wildman–Crippen MR) is 96.8 cm³/mol. The Labute approximate surface area is 150 Å². The number of ether oxygens (including phenoxy) is 3. The number of anilines is 1. The molecule has 2 aromatic rings. The maximum absolute atomic E-state index is 12.1. The number of rotatable bonds is 7. The molecule has 0 atom stereocenters. The van der Waals surface area contributed by atoms with Crippen LogP contribution in [0.4, 0.5) is 5.69 Å². The van der Waals surface area contributed by atoms with Crippen molar-refractivity contribution in [3.63, 3.8) is 0 Å². The van der Waals surface area contributed by atoms with E-state index in [2.05, 4.69) is 5.32 Å². The first kappa shape index (κ1) is 18.9. The summed E-state index contributed by atoms with van der Waals surface area (Å²) in [4.78, 5) is 24.1. The number of carbonyl (C=O) groups excluding carboxylic acids is 2. The smallest absolute Gasteiger partial charge is 0.296 e. The molecular weight excluding hydrogens is 338 g/mol. The van der Waals surface area contributed by atoms with Crippen LogP contribution in [0.2, 0.25) is 0 Å². The van der Waals surface area contributed by atoms with Crippen LogP contribution in [-0.4, -0.2) is 38.1 Å². The van der Waals surface area contributed by atoms with Crippen LogP contribution < -0.4 is 19.5 Å². The molecule has 0 fully saturated rings. The van der Waals surface area contributed by atoms with E-state index in [1.165, 1.54) is 27.4 Å². The van der Waals surface area contributed by atoms with Gasteiger partial charge in [0.25, 0.3) is 5.91 Å². The van der Waals surface area contributed by atoms with E-state index < -0.39 is 17.4 Å². The zero-order valence-electron chi connectivity index (χ0n) is 14.6. The van der Waals surface area contributed by atoms with Crippen molar-refractivity contribution in [2.24, 2.45) is 0 Å². The number of benzene rings is 2. The lowest BCUT2D eigenvalue weighted by atomic mass is 10.1. The van der Waals surface area contributed by atoms with E-state index >= 15 is 0 Å². The highest BCUT2D eigenvalue weighted by molar-refractivity contribution is 6.45. The van der Waals surface area contributed by atoms with E-state index in [9.17, 15) is 14.7 Å². The molecule has 7 nitrogen and oxygen atoms in total. The average molecular weight is 357 g/mol. The molecule has 1 amide bonds. The van der Waals surface area contributed by atoms with Gasteiger partial charge < -0.3 is 24.6 Å². The predicted octanol–water partition coefficient (Wildman–Crippen LogP) is 2.82. The van der Waals surface area contributed by atoms with Crippen molar-refractivity contribution < 1.29 is 28.9 Å². The zero-order valence-corrected chi connectivity index (χ0v) is 14.6. The summed E-state index contributed by atoms with van der Waals surface area (Å²) in [6.07, 6.45) is 0.826. The molecule has 0 heterocycles. The number of nitrogens with one attached hydrogen (secondary N) is 1. The Hall–Kier alpha value is -3.48. The topological polar surface area (TPSA) is 94.1 Å². The Morgan fingerprint density at radius 1 is 0.962 bits per heavy atom. The lowest BCUT2D eigenvalue weighted by molar-refractivity contribution is -0.131. The van der Waals surface area contributed by atoms with Crippen molar-refractivity contribution in [2.45, 2.75) is 0 Å². The summed E-state index contributed by atoms with van der Waals surface area (Å²) >= 11 is 0. The number of aliphatic hydroxyl groups is 1. The molecule has 0 aromatic heterocycles. The number of amides is 1. The fourth-order valence-corrected chi connectivity index (χ4v) is 2.18. The molecule has 0 saturated heterocycles. The normalized spacial score (nSPS) is 10.8. The standard InChI is InChI=1S/C19H19NO6/c1-24-13-6-4-5-12(9-13)20-19(23)17(22)11-16(21)15-10-14(25-2)7-8-18(15)26-3/h4-11,21H,1-3H3,(H,20,23). The van der Waals surface area contributed by atoms with Gasteiger partial charge in [-0.1, -0.05) is 6.07 Å². The van der Waals surface area contributed by atoms with E-state index in [4.69, 9.17) is 14.2 Å². The number of hydrogen-bond donors (Lipinski definition) is 2. The lowest BCUT2D eigenvalue weighted by Gasteiger charge is -2.10. The largest absolute Gasteiger partial charge is 0.507 e. The number of ketones is 1. The SMILES string of the molecule is COc1cccc(NC(=O)C(=O)C=C(O)c2cc(OC)ccc2OC)c1. The van der Waals surface area contributed by atoms with E-state index in [0.29, 0.717) is 22.9 Å². The molecule has 0 spiro atoms. The maximum atomic E-state index is 12.1. The van der Waals surface area contributed by atoms with Gasteiger partial charge in [0.1, 0.15) is 23.0 Å². The van der Waals surface area contributed by atoms with Crippen molar-refractivity contribution in [2.75, 3.05) is 26.6 Å². The number of carbonyl (C=O) groups is 2. The van der Waals surface area contributed by atoms with Crippen molar-refractivity contribution in [3.05, 3.63) is 54.1 Å². The van der Waals surface area contributed by atoms with Crippen molar-refractivity contribution in [1.29, 1.82) is 0 Å². The first-order valence-electron chi connectivity index (χ1n) is 7.61. The summed E-state index contributed by atoms with van der Waals surface area (Å²) in [7, 11) is 4.39. The quantitative estimate of drug-likeness (QED) is 0.450. The Morgan fingerprint density at radius 3 is 2.31 bits per heavy atom. The number of hydrogen-bond acceptors (Lipinski definition) is 6. The highest BCUT2D eigenvalue weighted by atomic mass is 16.5. The van der Waals surface area contributed by atoms with E-state index in [1.807, 2.05) is 0 Å². The zero-order chi connectivity index (χ0) is 19.1. The van der Waals surface area contributed by atoms with Gasteiger partial charge in [0.15, 0.2) is 0 Å². The first-order valence-corrected chi connectivity index (χ1v) is 7.61. The van der Waals surface area contributed by atoms with Gasteiger partial charge in [0.05, 0.1) is 26.9 Å². The van der Waals surface area contributed by atoms with Crippen LogP contribution in [0.5, 0.6) is 17.2 Å². The minimum Gasteiger partial charge on any atom is -0.507 e.